The second-order valence-corrected chi connectivity index (χ2v) is 16.2. The maximum Gasteiger partial charge on any atom is 0.308 e. The van der Waals surface area contributed by atoms with E-state index in [2.05, 4.69) is 43.9 Å². The monoisotopic (exact) mass is 587 g/mol. The summed E-state index contributed by atoms with van der Waals surface area (Å²) in [7, 11) is -0.785. The lowest BCUT2D eigenvalue weighted by Gasteiger charge is -2.47. The molecule has 0 radical (unpaired) electrons. The summed E-state index contributed by atoms with van der Waals surface area (Å²) in [6.07, 6.45) is -3.81. The summed E-state index contributed by atoms with van der Waals surface area (Å²) < 4.78 is 35.2. The summed E-state index contributed by atoms with van der Waals surface area (Å²) in [4.78, 5) is 14.2. The topological polar surface area (TPSA) is 141 Å². The highest BCUT2D eigenvalue weighted by atomic mass is 28.4. The van der Waals surface area contributed by atoms with E-state index in [1.807, 2.05) is 24.3 Å². The van der Waals surface area contributed by atoms with Gasteiger partial charge < -0.3 is 33.2 Å². The molecular weight excluding hydrogens is 546 g/mol. The number of hydrogen-bond donors (Lipinski definition) is 1. The van der Waals surface area contributed by atoms with Gasteiger partial charge in [0.05, 0.1) is 33.0 Å². The number of carbonyl (C=O) groups excluding carboxylic acids is 1. The third-order valence-electron chi connectivity index (χ3n) is 7.38. The summed E-state index contributed by atoms with van der Waals surface area (Å²) in [6.45, 7) is 12.2. The van der Waals surface area contributed by atoms with E-state index in [1.54, 1.807) is 31.4 Å². The van der Waals surface area contributed by atoms with Crippen molar-refractivity contribution in [3.8, 4) is 11.5 Å². The zero-order valence-corrected chi connectivity index (χ0v) is 25.8. The van der Waals surface area contributed by atoms with Crippen molar-refractivity contribution in [2.45, 2.75) is 89.7 Å². The fourth-order valence-corrected chi connectivity index (χ4v) is 5.14. The standard InChI is InChI=1S/C29H41N3O8Si/c1-19(33)38-23-14-10-20(11-15-23)16-36-18-24-26(34)27(37-17-21-8-12-22(35-5)13-9-21)25(31-32-30)28(39-24)40-41(6,7)29(2,3)4/h8-15,24-28,34H,16-18H2,1-7H3/t24-,25-,26-,27-,28+/m1/s1. The molecule has 1 aliphatic rings. The highest BCUT2D eigenvalue weighted by Gasteiger charge is 2.50. The Morgan fingerprint density at radius 3 is 2.17 bits per heavy atom. The Labute approximate surface area is 242 Å². The second kappa shape index (κ2) is 14.3. The summed E-state index contributed by atoms with van der Waals surface area (Å²) in [5.74, 6) is 0.765. The molecule has 3 rings (SSSR count). The van der Waals surface area contributed by atoms with Gasteiger partial charge in [0.1, 0.15) is 29.7 Å². The first kappa shape index (κ1) is 32.6. The SMILES string of the molecule is COc1ccc(CO[C@H]2[C@H](O)[C@@H](COCc3ccc(OC(C)=O)cc3)O[C@@H](O[Si](C)(C)C(C)(C)C)[C@@H]2N=[N+]=[N-])cc1. The van der Waals surface area contributed by atoms with Crippen LogP contribution < -0.4 is 9.47 Å². The molecule has 0 unspecified atom stereocenters. The molecule has 1 aliphatic heterocycles. The molecule has 41 heavy (non-hydrogen) atoms. The van der Waals surface area contributed by atoms with E-state index in [-0.39, 0.29) is 24.9 Å². The highest BCUT2D eigenvalue weighted by molar-refractivity contribution is 6.74. The zero-order chi connectivity index (χ0) is 30.2. The van der Waals surface area contributed by atoms with Gasteiger partial charge in [-0.1, -0.05) is 50.2 Å². The third kappa shape index (κ3) is 9.01. The molecule has 224 valence electrons. The summed E-state index contributed by atoms with van der Waals surface area (Å²) >= 11 is 0. The number of esters is 1. The van der Waals surface area contributed by atoms with Crippen molar-refractivity contribution in [1.82, 2.24) is 0 Å². The van der Waals surface area contributed by atoms with Gasteiger partial charge in [0.2, 0.25) is 0 Å². The van der Waals surface area contributed by atoms with Crippen molar-refractivity contribution in [3.05, 3.63) is 70.1 Å². The molecule has 2 aromatic carbocycles. The number of azide groups is 1. The first-order valence-electron chi connectivity index (χ1n) is 13.5. The Morgan fingerprint density at radius 1 is 1.05 bits per heavy atom. The molecule has 1 heterocycles. The lowest BCUT2D eigenvalue weighted by molar-refractivity contribution is -0.256. The van der Waals surface area contributed by atoms with Crippen LogP contribution in [0.1, 0.15) is 38.8 Å². The van der Waals surface area contributed by atoms with Crippen LogP contribution in [0.3, 0.4) is 0 Å². The van der Waals surface area contributed by atoms with Crippen LogP contribution in [0, 0.1) is 0 Å². The van der Waals surface area contributed by atoms with Gasteiger partial charge in [-0.15, -0.1) is 0 Å². The molecule has 1 saturated heterocycles. The van der Waals surface area contributed by atoms with Gasteiger partial charge in [0.15, 0.2) is 14.6 Å². The summed E-state index contributed by atoms with van der Waals surface area (Å²) in [5.41, 5.74) is 11.1. The van der Waals surface area contributed by atoms with E-state index >= 15 is 0 Å². The van der Waals surface area contributed by atoms with Crippen LogP contribution in [0.2, 0.25) is 18.1 Å². The Balaban J connectivity index is 1.78. The number of methoxy groups -OCH3 is 1. The maximum absolute atomic E-state index is 11.4. The van der Waals surface area contributed by atoms with Gasteiger partial charge in [-0.2, -0.15) is 0 Å². The largest absolute Gasteiger partial charge is 0.497 e. The first-order valence-corrected chi connectivity index (χ1v) is 16.4. The fourth-order valence-electron chi connectivity index (χ4n) is 4.01. The smallest absolute Gasteiger partial charge is 0.308 e. The van der Waals surface area contributed by atoms with Crippen molar-refractivity contribution in [3.63, 3.8) is 0 Å². The highest BCUT2D eigenvalue weighted by Crippen LogP contribution is 2.40. The van der Waals surface area contributed by atoms with Crippen LogP contribution in [0.4, 0.5) is 0 Å². The van der Waals surface area contributed by atoms with Crippen LogP contribution in [0.15, 0.2) is 53.6 Å². The molecule has 0 spiro atoms. The number of ether oxygens (including phenoxy) is 5. The minimum absolute atomic E-state index is 0.0373. The molecule has 12 heteroatoms. The van der Waals surface area contributed by atoms with E-state index in [4.69, 9.17) is 28.1 Å². The van der Waals surface area contributed by atoms with Crippen LogP contribution in [0.25, 0.3) is 10.4 Å². The number of benzene rings is 2. The lowest BCUT2D eigenvalue weighted by Crippen LogP contribution is -2.62. The van der Waals surface area contributed by atoms with Gasteiger partial charge in [-0.3, -0.25) is 4.79 Å². The molecule has 1 N–H and O–H groups in total. The molecule has 0 aliphatic carbocycles. The number of aliphatic hydroxyl groups is 1. The van der Waals surface area contributed by atoms with Crippen molar-refractivity contribution in [2.24, 2.45) is 5.11 Å². The van der Waals surface area contributed by atoms with Gasteiger partial charge >= 0.3 is 5.97 Å². The number of aliphatic hydroxyl groups excluding tert-OH is 1. The van der Waals surface area contributed by atoms with Gasteiger partial charge in [-0.05, 0) is 59.1 Å². The average Bonchev–Trinajstić information content (AvgIpc) is 2.91. The van der Waals surface area contributed by atoms with Crippen LogP contribution in [-0.2, 0) is 36.6 Å². The van der Waals surface area contributed by atoms with E-state index in [1.165, 1.54) is 6.92 Å². The molecular formula is C29H41N3O8Si. The van der Waals surface area contributed by atoms with E-state index in [0.717, 1.165) is 11.1 Å². The molecule has 0 bridgehead atoms. The quantitative estimate of drug-likeness (QED) is 0.0856. The Hall–Kier alpha value is -2.96. The molecule has 11 nitrogen and oxygen atoms in total. The average molecular weight is 588 g/mol. The zero-order valence-electron chi connectivity index (χ0n) is 24.8. The Morgan fingerprint density at radius 2 is 1.63 bits per heavy atom. The van der Waals surface area contributed by atoms with E-state index in [0.29, 0.717) is 11.5 Å². The van der Waals surface area contributed by atoms with Gasteiger partial charge in [0, 0.05) is 11.8 Å². The fraction of sp³-hybridized carbons (Fsp3) is 0.552. The summed E-state index contributed by atoms with van der Waals surface area (Å²) in [5, 5.41) is 15.2. The van der Waals surface area contributed by atoms with E-state index < -0.39 is 44.9 Å². The molecule has 2 aromatic rings. The normalized spacial score (nSPS) is 23.0. The molecule has 0 amide bonds. The number of hydrogen-bond acceptors (Lipinski definition) is 9. The predicted molar refractivity (Wildman–Crippen MR) is 155 cm³/mol. The van der Waals surface area contributed by atoms with Crippen LogP contribution in [0.5, 0.6) is 11.5 Å². The number of rotatable bonds is 12. The molecule has 1 fully saturated rings. The second-order valence-electron chi connectivity index (χ2n) is 11.5. The van der Waals surface area contributed by atoms with Crippen molar-refractivity contribution < 1.29 is 38.0 Å². The Bertz CT molecular complexity index is 1180. The summed E-state index contributed by atoms with van der Waals surface area (Å²) in [6, 6.07) is 13.4. The van der Waals surface area contributed by atoms with Crippen molar-refractivity contribution in [1.29, 1.82) is 0 Å². The Kier molecular flexibility index (Phi) is 11.3. The minimum Gasteiger partial charge on any atom is -0.497 e. The van der Waals surface area contributed by atoms with E-state index in [9.17, 15) is 15.4 Å². The lowest BCUT2D eigenvalue weighted by atomic mass is 9.97. The van der Waals surface area contributed by atoms with Gasteiger partial charge in [0.25, 0.3) is 0 Å². The van der Waals surface area contributed by atoms with Crippen molar-refractivity contribution >= 4 is 14.3 Å². The molecule has 0 aromatic heterocycles. The number of nitrogens with zero attached hydrogens (tertiary/aromatic N) is 3. The molecule has 5 atom stereocenters. The van der Waals surface area contributed by atoms with Crippen LogP contribution in [-0.4, -0.2) is 63.8 Å². The maximum atomic E-state index is 11.4. The number of carbonyl (C=O) groups is 1. The predicted octanol–water partition coefficient (Wildman–Crippen LogP) is 5.51. The molecule has 0 saturated carbocycles. The van der Waals surface area contributed by atoms with Crippen LogP contribution >= 0.6 is 0 Å². The third-order valence-corrected chi connectivity index (χ3v) is 11.8. The minimum atomic E-state index is -2.38. The van der Waals surface area contributed by atoms with Gasteiger partial charge in [-0.25, -0.2) is 0 Å². The first-order chi connectivity index (χ1) is 19.3. The van der Waals surface area contributed by atoms with Crippen molar-refractivity contribution in [2.75, 3.05) is 13.7 Å².